The highest BCUT2D eigenvalue weighted by molar-refractivity contribution is 6.30. The minimum absolute atomic E-state index is 0.0887. The Morgan fingerprint density at radius 3 is 1.94 bits per heavy atom. The number of nitrogens with zero attached hydrogens (tertiary/aromatic N) is 1. The first-order valence-electron chi connectivity index (χ1n) is 11.6. The van der Waals surface area contributed by atoms with Crippen LogP contribution in [0, 0.1) is 0 Å². The maximum atomic E-state index is 13.8. The van der Waals surface area contributed by atoms with Crippen LogP contribution in [0.1, 0.15) is 56.7 Å². The van der Waals surface area contributed by atoms with Crippen LogP contribution in [0.25, 0.3) is 0 Å². The molecular formula is C29H33ClN2O2. The van der Waals surface area contributed by atoms with Gasteiger partial charge < -0.3 is 10.2 Å². The molecule has 1 unspecified atom stereocenters. The molecular weight excluding hydrogens is 444 g/mol. The van der Waals surface area contributed by atoms with Crippen molar-refractivity contribution in [3.8, 4) is 0 Å². The first-order chi connectivity index (χ1) is 16.1. The van der Waals surface area contributed by atoms with Crippen LogP contribution in [0.15, 0.2) is 84.9 Å². The van der Waals surface area contributed by atoms with Crippen molar-refractivity contribution >= 4 is 23.4 Å². The van der Waals surface area contributed by atoms with Gasteiger partial charge in [-0.15, -0.1) is 0 Å². The zero-order chi connectivity index (χ0) is 24.7. The van der Waals surface area contributed by atoms with Gasteiger partial charge >= 0.3 is 0 Å². The number of nitrogens with one attached hydrogen (secondary N) is 1. The van der Waals surface area contributed by atoms with Crippen LogP contribution < -0.4 is 5.32 Å². The van der Waals surface area contributed by atoms with E-state index in [2.05, 4.69) is 5.32 Å². The minimum atomic E-state index is -0.641. The molecule has 1 atom stereocenters. The van der Waals surface area contributed by atoms with E-state index >= 15 is 0 Å². The highest BCUT2D eigenvalue weighted by Gasteiger charge is 2.30. The molecule has 0 aliphatic heterocycles. The summed E-state index contributed by atoms with van der Waals surface area (Å²) in [6, 6.07) is 26.8. The Hall–Kier alpha value is -3.11. The largest absolute Gasteiger partial charge is 0.350 e. The number of halogens is 1. The second-order valence-electron chi connectivity index (χ2n) is 9.64. The van der Waals surface area contributed by atoms with E-state index in [1.807, 2.05) is 99.6 Å². The van der Waals surface area contributed by atoms with Crippen molar-refractivity contribution in [3.63, 3.8) is 0 Å². The number of amides is 2. The molecule has 3 aromatic rings. The monoisotopic (exact) mass is 476 g/mol. The van der Waals surface area contributed by atoms with Gasteiger partial charge in [0.1, 0.15) is 6.04 Å². The third-order valence-corrected chi connectivity index (χ3v) is 5.93. The Morgan fingerprint density at radius 1 is 0.882 bits per heavy atom. The van der Waals surface area contributed by atoms with Gasteiger partial charge in [0.05, 0.1) is 0 Å². The number of carbonyl (C=O) groups is 2. The van der Waals surface area contributed by atoms with E-state index in [1.165, 1.54) is 0 Å². The Labute approximate surface area is 207 Å². The number of hydrogen-bond donors (Lipinski definition) is 1. The molecule has 34 heavy (non-hydrogen) atoms. The van der Waals surface area contributed by atoms with Crippen molar-refractivity contribution in [1.82, 2.24) is 10.2 Å². The summed E-state index contributed by atoms with van der Waals surface area (Å²) in [7, 11) is 0. The summed E-state index contributed by atoms with van der Waals surface area (Å²) < 4.78 is 0. The maximum absolute atomic E-state index is 13.8. The van der Waals surface area contributed by atoms with Crippen molar-refractivity contribution in [2.24, 2.45) is 0 Å². The van der Waals surface area contributed by atoms with Crippen LogP contribution in [0.4, 0.5) is 0 Å². The van der Waals surface area contributed by atoms with Crippen LogP contribution >= 0.6 is 11.6 Å². The summed E-state index contributed by atoms with van der Waals surface area (Å²) in [4.78, 5) is 28.5. The number of hydrogen-bond acceptors (Lipinski definition) is 2. The lowest BCUT2D eigenvalue weighted by Crippen LogP contribution is -2.52. The molecule has 0 saturated carbocycles. The quantitative estimate of drug-likeness (QED) is 0.421. The van der Waals surface area contributed by atoms with Crippen molar-refractivity contribution in [1.29, 1.82) is 0 Å². The van der Waals surface area contributed by atoms with Gasteiger partial charge in [0.15, 0.2) is 0 Å². The molecule has 0 saturated heterocycles. The number of carbonyl (C=O) groups excluding carboxylic acids is 2. The fourth-order valence-electron chi connectivity index (χ4n) is 3.98. The third kappa shape index (κ3) is 7.19. The van der Waals surface area contributed by atoms with Crippen LogP contribution in [0.5, 0.6) is 0 Å². The first kappa shape index (κ1) is 25.5. The van der Waals surface area contributed by atoms with E-state index in [0.29, 0.717) is 11.6 Å². The van der Waals surface area contributed by atoms with E-state index < -0.39 is 11.6 Å². The van der Waals surface area contributed by atoms with Gasteiger partial charge in [-0.05, 0) is 56.5 Å². The molecule has 0 aromatic heterocycles. The fraction of sp³-hybridized carbons (Fsp3) is 0.310. The fourth-order valence-corrected chi connectivity index (χ4v) is 4.19. The Balaban J connectivity index is 1.93. The van der Waals surface area contributed by atoms with E-state index in [0.717, 1.165) is 16.7 Å². The lowest BCUT2D eigenvalue weighted by atomic mass is 9.88. The van der Waals surface area contributed by atoms with Gasteiger partial charge in [0.2, 0.25) is 11.8 Å². The summed E-state index contributed by atoms with van der Waals surface area (Å²) in [5.41, 5.74) is 2.62. The summed E-state index contributed by atoms with van der Waals surface area (Å²) in [6.45, 7) is 7.88. The number of rotatable bonds is 8. The summed E-state index contributed by atoms with van der Waals surface area (Å²) in [5, 5.41) is 3.61. The summed E-state index contributed by atoms with van der Waals surface area (Å²) in [6.07, 6.45) is 0.252. The molecule has 0 fully saturated rings. The molecule has 0 aliphatic carbocycles. The van der Waals surface area contributed by atoms with Gasteiger partial charge in [-0.3, -0.25) is 9.59 Å². The highest BCUT2D eigenvalue weighted by atomic mass is 35.5. The van der Waals surface area contributed by atoms with Gasteiger partial charge in [-0.2, -0.15) is 0 Å². The molecule has 4 nitrogen and oxygen atoms in total. The van der Waals surface area contributed by atoms with Gasteiger partial charge in [-0.25, -0.2) is 0 Å². The topological polar surface area (TPSA) is 49.4 Å². The first-order valence-corrected chi connectivity index (χ1v) is 12.0. The maximum Gasteiger partial charge on any atom is 0.242 e. The summed E-state index contributed by atoms with van der Waals surface area (Å²) in [5.74, 6) is -0.386. The SMILES string of the molecule is CC(C(=O)NC(C)(C)C)N(Cc1cccc(Cl)c1)C(=O)CC(c1ccccc1)c1ccccc1. The Bertz CT molecular complexity index is 1050. The highest BCUT2D eigenvalue weighted by Crippen LogP contribution is 2.29. The van der Waals surface area contributed by atoms with Crippen molar-refractivity contribution in [3.05, 3.63) is 107 Å². The van der Waals surface area contributed by atoms with Crippen LogP contribution in [-0.2, 0) is 16.1 Å². The smallest absolute Gasteiger partial charge is 0.242 e. The average Bonchev–Trinajstić information content (AvgIpc) is 2.80. The van der Waals surface area contributed by atoms with Crippen LogP contribution in [-0.4, -0.2) is 28.3 Å². The minimum Gasteiger partial charge on any atom is -0.350 e. The molecule has 0 aliphatic rings. The zero-order valence-electron chi connectivity index (χ0n) is 20.3. The Kier molecular flexibility index (Phi) is 8.51. The van der Waals surface area contributed by atoms with Gasteiger partial charge in [0.25, 0.3) is 0 Å². The molecule has 0 spiro atoms. The molecule has 1 N–H and O–H groups in total. The zero-order valence-corrected chi connectivity index (χ0v) is 21.0. The van der Waals surface area contributed by atoms with Gasteiger partial charge in [-0.1, -0.05) is 84.4 Å². The molecule has 5 heteroatoms. The van der Waals surface area contributed by atoms with Crippen molar-refractivity contribution < 1.29 is 9.59 Å². The van der Waals surface area contributed by atoms with Gasteiger partial charge in [0, 0.05) is 29.4 Å². The van der Waals surface area contributed by atoms with E-state index in [4.69, 9.17) is 11.6 Å². The lowest BCUT2D eigenvalue weighted by molar-refractivity contribution is -0.141. The second kappa shape index (κ2) is 11.3. The van der Waals surface area contributed by atoms with Crippen molar-refractivity contribution in [2.45, 2.75) is 58.2 Å². The third-order valence-electron chi connectivity index (χ3n) is 5.69. The normalized spacial score (nSPS) is 12.3. The number of benzene rings is 3. The van der Waals surface area contributed by atoms with E-state index in [-0.39, 0.29) is 24.2 Å². The predicted molar refractivity (Wildman–Crippen MR) is 139 cm³/mol. The van der Waals surface area contributed by atoms with Crippen molar-refractivity contribution in [2.75, 3.05) is 0 Å². The average molecular weight is 477 g/mol. The molecule has 3 rings (SSSR count). The molecule has 0 heterocycles. The Morgan fingerprint density at radius 2 is 1.44 bits per heavy atom. The molecule has 2 amide bonds. The van der Waals surface area contributed by atoms with E-state index in [9.17, 15) is 9.59 Å². The molecule has 0 radical (unpaired) electrons. The second-order valence-corrected chi connectivity index (χ2v) is 10.1. The lowest BCUT2D eigenvalue weighted by Gasteiger charge is -2.32. The molecule has 3 aromatic carbocycles. The van der Waals surface area contributed by atoms with E-state index in [1.54, 1.807) is 17.9 Å². The standard InChI is InChI=1S/C29H33ClN2O2/c1-21(28(34)31-29(2,3)4)32(20-22-12-11-17-25(30)18-22)27(33)19-26(23-13-7-5-8-14-23)24-15-9-6-10-16-24/h5-18,21,26H,19-20H2,1-4H3,(H,31,34). The molecule has 0 bridgehead atoms. The molecule has 178 valence electrons. The van der Waals surface area contributed by atoms with Crippen LogP contribution in [0.3, 0.4) is 0 Å². The van der Waals surface area contributed by atoms with Crippen LogP contribution in [0.2, 0.25) is 5.02 Å². The predicted octanol–water partition coefficient (Wildman–Crippen LogP) is 6.19. The summed E-state index contributed by atoms with van der Waals surface area (Å²) >= 11 is 6.20.